The Hall–Kier alpha value is -2.21. The molecule has 0 spiro atoms. The molecule has 0 heterocycles. The second-order valence-electron chi connectivity index (χ2n) is 5.38. The SMILES string of the molecule is CC(C)CCCOC(=O)COCC(=O)Oc1ccccc1C=O. The summed E-state index contributed by atoms with van der Waals surface area (Å²) in [6.45, 7) is 3.83. The normalized spacial score (nSPS) is 10.4. The standard InChI is InChI=1S/C17H22O6/c1-13(2)6-5-9-22-16(19)11-21-12-17(20)23-15-8-4-3-7-14(15)10-18/h3-4,7-8,10,13H,5-6,9,11-12H2,1-2H3. The first kappa shape index (κ1) is 18.8. The lowest BCUT2D eigenvalue weighted by Crippen LogP contribution is -2.20. The molecule has 6 nitrogen and oxygen atoms in total. The third kappa shape index (κ3) is 8.11. The van der Waals surface area contributed by atoms with E-state index in [-0.39, 0.29) is 17.9 Å². The van der Waals surface area contributed by atoms with Crippen molar-refractivity contribution in [1.82, 2.24) is 0 Å². The molecule has 1 aromatic rings. The first-order chi connectivity index (χ1) is 11.0. The van der Waals surface area contributed by atoms with Crippen molar-refractivity contribution < 1.29 is 28.6 Å². The monoisotopic (exact) mass is 322 g/mol. The first-order valence-corrected chi connectivity index (χ1v) is 7.51. The van der Waals surface area contributed by atoms with Gasteiger partial charge in [0.2, 0.25) is 0 Å². The lowest BCUT2D eigenvalue weighted by molar-refractivity contribution is -0.152. The molecule has 0 saturated heterocycles. The van der Waals surface area contributed by atoms with Crippen molar-refractivity contribution in [3.05, 3.63) is 29.8 Å². The van der Waals surface area contributed by atoms with Crippen LogP contribution in [0.2, 0.25) is 0 Å². The van der Waals surface area contributed by atoms with Gasteiger partial charge in [-0.3, -0.25) is 4.79 Å². The van der Waals surface area contributed by atoms with Gasteiger partial charge in [0.25, 0.3) is 0 Å². The van der Waals surface area contributed by atoms with E-state index in [1.54, 1.807) is 12.1 Å². The summed E-state index contributed by atoms with van der Waals surface area (Å²) in [5.74, 6) is -0.483. The predicted molar refractivity (Wildman–Crippen MR) is 83.3 cm³/mol. The van der Waals surface area contributed by atoms with E-state index in [0.29, 0.717) is 18.8 Å². The number of benzene rings is 1. The van der Waals surface area contributed by atoms with E-state index < -0.39 is 18.5 Å². The van der Waals surface area contributed by atoms with Crippen LogP contribution in [0.1, 0.15) is 37.0 Å². The summed E-state index contributed by atoms with van der Waals surface area (Å²) in [5, 5.41) is 0. The Morgan fingerprint density at radius 2 is 1.83 bits per heavy atom. The van der Waals surface area contributed by atoms with Crippen molar-refractivity contribution in [2.75, 3.05) is 19.8 Å². The summed E-state index contributed by atoms with van der Waals surface area (Å²) >= 11 is 0. The van der Waals surface area contributed by atoms with Gasteiger partial charge in [-0.1, -0.05) is 26.0 Å². The highest BCUT2D eigenvalue weighted by Crippen LogP contribution is 2.15. The van der Waals surface area contributed by atoms with Gasteiger partial charge in [-0.15, -0.1) is 0 Å². The zero-order valence-electron chi connectivity index (χ0n) is 13.4. The Balaban J connectivity index is 2.21. The van der Waals surface area contributed by atoms with Gasteiger partial charge >= 0.3 is 11.9 Å². The molecule has 6 heteroatoms. The maximum Gasteiger partial charge on any atom is 0.337 e. The molecule has 1 aromatic carbocycles. The van der Waals surface area contributed by atoms with Gasteiger partial charge in [0.05, 0.1) is 12.2 Å². The zero-order valence-corrected chi connectivity index (χ0v) is 13.4. The van der Waals surface area contributed by atoms with Crippen LogP contribution in [0.3, 0.4) is 0 Å². The highest BCUT2D eigenvalue weighted by molar-refractivity contribution is 5.82. The molecule has 0 atom stereocenters. The number of hydrogen-bond donors (Lipinski definition) is 0. The largest absolute Gasteiger partial charge is 0.464 e. The Morgan fingerprint density at radius 1 is 1.13 bits per heavy atom. The van der Waals surface area contributed by atoms with E-state index in [1.807, 2.05) is 0 Å². The van der Waals surface area contributed by atoms with Gasteiger partial charge in [0.15, 0.2) is 6.29 Å². The number of carbonyl (C=O) groups excluding carboxylic acids is 3. The van der Waals surface area contributed by atoms with Crippen molar-refractivity contribution in [2.45, 2.75) is 26.7 Å². The molecule has 0 unspecified atom stereocenters. The molecular formula is C17H22O6. The minimum Gasteiger partial charge on any atom is -0.464 e. The number of esters is 2. The van der Waals surface area contributed by atoms with Gasteiger partial charge in [-0.05, 0) is 30.9 Å². The molecule has 23 heavy (non-hydrogen) atoms. The minimum atomic E-state index is -0.688. The summed E-state index contributed by atoms with van der Waals surface area (Å²) in [6.07, 6.45) is 2.38. The fourth-order valence-corrected chi connectivity index (χ4v) is 1.76. The Morgan fingerprint density at radius 3 is 2.52 bits per heavy atom. The number of carbonyl (C=O) groups is 3. The van der Waals surface area contributed by atoms with Crippen molar-refractivity contribution in [3.63, 3.8) is 0 Å². The third-order valence-electron chi connectivity index (χ3n) is 2.90. The average molecular weight is 322 g/mol. The Kier molecular flexibility index (Phi) is 8.60. The van der Waals surface area contributed by atoms with Gasteiger partial charge in [-0.25, -0.2) is 9.59 Å². The number of aldehydes is 1. The quantitative estimate of drug-likeness (QED) is 0.285. The summed E-state index contributed by atoms with van der Waals surface area (Å²) in [7, 11) is 0. The molecule has 0 aliphatic rings. The summed E-state index contributed by atoms with van der Waals surface area (Å²) in [5.41, 5.74) is 0.269. The van der Waals surface area contributed by atoms with Crippen LogP contribution >= 0.6 is 0 Å². The second kappa shape index (κ2) is 10.5. The van der Waals surface area contributed by atoms with E-state index in [1.165, 1.54) is 12.1 Å². The molecular weight excluding hydrogens is 300 g/mol. The maximum atomic E-state index is 11.6. The van der Waals surface area contributed by atoms with E-state index in [2.05, 4.69) is 13.8 Å². The third-order valence-corrected chi connectivity index (χ3v) is 2.90. The van der Waals surface area contributed by atoms with E-state index in [9.17, 15) is 14.4 Å². The van der Waals surface area contributed by atoms with E-state index in [4.69, 9.17) is 14.2 Å². The second-order valence-corrected chi connectivity index (χ2v) is 5.38. The maximum absolute atomic E-state index is 11.6. The van der Waals surface area contributed by atoms with Crippen LogP contribution in [0.15, 0.2) is 24.3 Å². The minimum absolute atomic E-state index is 0.160. The summed E-state index contributed by atoms with van der Waals surface area (Å²) < 4.78 is 14.9. The average Bonchev–Trinajstić information content (AvgIpc) is 2.52. The number of ether oxygens (including phenoxy) is 3. The lowest BCUT2D eigenvalue weighted by Gasteiger charge is -2.08. The van der Waals surface area contributed by atoms with Crippen molar-refractivity contribution in [2.24, 2.45) is 5.92 Å². The molecule has 0 saturated carbocycles. The molecule has 1 rings (SSSR count). The molecule has 0 aliphatic heterocycles. The molecule has 0 aliphatic carbocycles. The topological polar surface area (TPSA) is 78.9 Å². The lowest BCUT2D eigenvalue weighted by atomic mass is 10.1. The molecule has 0 aromatic heterocycles. The number of para-hydroxylation sites is 1. The van der Waals surface area contributed by atoms with Crippen molar-refractivity contribution in [1.29, 1.82) is 0 Å². The highest BCUT2D eigenvalue weighted by atomic mass is 16.6. The fourth-order valence-electron chi connectivity index (χ4n) is 1.76. The van der Waals surface area contributed by atoms with Gasteiger partial charge in [-0.2, -0.15) is 0 Å². The molecule has 0 amide bonds. The van der Waals surface area contributed by atoms with E-state index >= 15 is 0 Å². The Bertz CT molecular complexity index is 524. The molecule has 0 N–H and O–H groups in total. The van der Waals surface area contributed by atoms with Gasteiger partial charge in [0.1, 0.15) is 19.0 Å². The van der Waals surface area contributed by atoms with Crippen LogP contribution in [0.5, 0.6) is 5.75 Å². The summed E-state index contributed by atoms with van der Waals surface area (Å²) in [6, 6.07) is 6.34. The van der Waals surface area contributed by atoms with Gasteiger partial charge < -0.3 is 14.2 Å². The molecule has 0 fully saturated rings. The van der Waals surface area contributed by atoms with Crippen molar-refractivity contribution in [3.8, 4) is 5.75 Å². The van der Waals surface area contributed by atoms with Crippen LogP contribution in [0.4, 0.5) is 0 Å². The molecule has 0 bridgehead atoms. The summed E-state index contributed by atoms with van der Waals surface area (Å²) in [4.78, 5) is 33.8. The van der Waals surface area contributed by atoms with Crippen LogP contribution in [-0.2, 0) is 19.1 Å². The van der Waals surface area contributed by atoms with Gasteiger partial charge in [0, 0.05) is 0 Å². The van der Waals surface area contributed by atoms with Crippen LogP contribution in [-0.4, -0.2) is 38.0 Å². The van der Waals surface area contributed by atoms with E-state index in [0.717, 1.165) is 12.8 Å². The van der Waals surface area contributed by atoms with Crippen LogP contribution < -0.4 is 4.74 Å². The van der Waals surface area contributed by atoms with Crippen molar-refractivity contribution >= 4 is 18.2 Å². The highest BCUT2D eigenvalue weighted by Gasteiger charge is 2.10. The van der Waals surface area contributed by atoms with Crippen LogP contribution in [0, 0.1) is 5.92 Å². The number of hydrogen-bond acceptors (Lipinski definition) is 6. The van der Waals surface area contributed by atoms with Crippen LogP contribution in [0.25, 0.3) is 0 Å². The molecule has 0 radical (unpaired) electrons. The smallest absolute Gasteiger partial charge is 0.337 e. The fraction of sp³-hybridized carbons (Fsp3) is 0.471. The first-order valence-electron chi connectivity index (χ1n) is 7.51. The Labute approximate surface area is 135 Å². The number of rotatable bonds is 10. The molecule has 126 valence electrons. The predicted octanol–water partition coefficient (Wildman–Crippen LogP) is 2.40. The zero-order chi connectivity index (χ0) is 17.1.